The van der Waals surface area contributed by atoms with Gasteiger partial charge in [0.15, 0.2) is 0 Å². The summed E-state index contributed by atoms with van der Waals surface area (Å²) in [4.78, 5) is 23.6. The number of rotatable bonds is 10. The van der Waals surface area contributed by atoms with E-state index in [9.17, 15) is 15.0 Å². The zero-order chi connectivity index (χ0) is 26.5. The number of aromatic nitrogens is 4. The Bertz CT molecular complexity index is 1350. The van der Waals surface area contributed by atoms with Gasteiger partial charge in [0, 0.05) is 24.5 Å². The summed E-state index contributed by atoms with van der Waals surface area (Å²) in [6.45, 7) is 2.03. The topological polar surface area (TPSA) is 116 Å². The van der Waals surface area contributed by atoms with Crippen molar-refractivity contribution in [2.45, 2.75) is 44.4 Å². The molecule has 2 aromatic carbocycles. The lowest BCUT2D eigenvalue weighted by molar-refractivity contribution is -0.128. The molecule has 8 heteroatoms. The van der Waals surface area contributed by atoms with Crippen molar-refractivity contribution in [3.8, 4) is 11.1 Å². The first-order valence-electron chi connectivity index (χ1n) is 13.0. The van der Waals surface area contributed by atoms with Crippen LogP contribution in [-0.2, 0) is 11.3 Å². The van der Waals surface area contributed by atoms with Crippen LogP contribution in [0.3, 0.4) is 0 Å². The number of nitrogens with zero attached hydrogens (tertiary/aromatic N) is 3. The van der Waals surface area contributed by atoms with Crippen LogP contribution in [0.1, 0.15) is 60.5 Å². The molecule has 0 bridgehead atoms. The molecule has 0 saturated heterocycles. The lowest BCUT2D eigenvalue weighted by Gasteiger charge is -2.34. The summed E-state index contributed by atoms with van der Waals surface area (Å²) < 4.78 is 1.79. The molecule has 0 radical (unpaired) electrons. The number of H-pyrrole nitrogens is 1. The minimum atomic E-state index is -0.707. The minimum Gasteiger partial charge on any atom is -0.394 e. The second-order valence-electron chi connectivity index (χ2n) is 9.87. The van der Waals surface area contributed by atoms with Crippen molar-refractivity contribution in [3.63, 3.8) is 0 Å². The van der Waals surface area contributed by atoms with Crippen molar-refractivity contribution >= 4 is 12.0 Å². The number of nitrogens with one attached hydrogen (secondary N) is 2. The first-order valence-corrected chi connectivity index (χ1v) is 13.0. The highest BCUT2D eigenvalue weighted by molar-refractivity contribution is 5.79. The molecule has 0 aliphatic heterocycles. The summed E-state index contributed by atoms with van der Waals surface area (Å²) in [6.07, 6.45) is 11.7. The Morgan fingerprint density at radius 3 is 2.47 bits per heavy atom. The Hall–Kier alpha value is -4.01. The Labute approximate surface area is 222 Å². The average molecular weight is 512 g/mol. The lowest BCUT2D eigenvalue weighted by atomic mass is 9.71. The Kier molecular flexibility index (Phi) is 7.81. The van der Waals surface area contributed by atoms with Crippen molar-refractivity contribution in [1.29, 1.82) is 0 Å². The molecular weight excluding hydrogens is 478 g/mol. The first-order chi connectivity index (χ1) is 18.5. The van der Waals surface area contributed by atoms with Gasteiger partial charge in [0.05, 0.1) is 31.2 Å². The third-order valence-corrected chi connectivity index (χ3v) is 7.26. The monoisotopic (exact) mass is 511 g/mol. The molecule has 196 valence electrons. The van der Waals surface area contributed by atoms with Gasteiger partial charge in [-0.05, 0) is 47.9 Å². The number of imidazole rings is 2. The maximum absolute atomic E-state index is 12.4. The predicted molar refractivity (Wildman–Crippen MR) is 146 cm³/mol. The molecule has 8 nitrogen and oxygen atoms in total. The first kappa shape index (κ1) is 25.6. The Morgan fingerprint density at radius 2 is 1.84 bits per heavy atom. The summed E-state index contributed by atoms with van der Waals surface area (Å²) in [5.41, 5.74) is 5.40. The van der Waals surface area contributed by atoms with E-state index >= 15 is 0 Å². The smallest absolute Gasteiger partial charge is 0.223 e. The summed E-state index contributed by atoms with van der Waals surface area (Å²) in [6, 6.07) is 16.6. The van der Waals surface area contributed by atoms with E-state index in [4.69, 9.17) is 0 Å². The second kappa shape index (κ2) is 11.6. The van der Waals surface area contributed by atoms with Crippen LogP contribution in [-0.4, -0.2) is 42.2 Å². The van der Waals surface area contributed by atoms with Gasteiger partial charge >= 0.3 is 0 Å². The highest BCUT2D eigenvalue weighted by Gasteiger charge is 2.35. The SMILES string of the molecule is CC(O)c1nccn1C(/C=C/c1ccc(-c2ccc(C3CC(C(=O)NCc4c[nH]cn4)C3)cc2)cc1)CO. The number of carbonyl (C=O) groups is 1. The normalized spacial score (nSPS) is 18.7. The van der Waals surface area contributed by atoms with E-state index in [1.165, 1.54) is 5.56 Å². The Balaban J connectivity index is 1.15. The summed E-state index contributed by atoms with van der Waals surface area (Å²) >= 11 is 0. The molecular formula is C30H33N5O3. The van der Waals surface area contributed by atoms with Crippen molar-refractivity contribution in [1.82, 2.24) is 24.8 Å². The zero-order valence-electron chi connectivity index (χ0n) is 21.4. The van der Waals surface area contributed by atoms with Gasteiger partial charge in [-0.2, -0.15) is 0 Å². The van der Waals surface area contributed by atoms with Crippen LogP contribution < -0.4 is 5.32 Å². The van der Waals surface area contributed by atoms with Gasteiger partial charge in [-0.3, -0.25) is 4.79 Å². The molecule has 4 N–H and O–H groups in total. The molecule has 1 amide bonds. The molecule has 1 fully saturated rings. The van der Waals surface area contributed by atoms with Crippen LogP contribution in [0.15, 0.2) is 79.5 Å². The van der Waals surface area contributed by atoms with E-state index in [1.54, 1.807) is 36.4 Å². The van der Waals surface area contributed by atoms with E-state index < -0.39 is 6.10 Å². The predicted octanol–water partition coefficient (Wildman–Crippen LogP) is 4.38. The average Bonchev–Trinajstić information content (AvgIpc) is 3.61. The van der Waals surface area contributed by atoms with E-state index in [2.05, 4.69) is 68.8 Å². The fourth-order valence-corrected chi connectivity index (χ4v) is 4.94. The second-order valence-corrected chi connectivity index (χ2v) is 9.87. The van der Waals surface area contributed by atoms with Crippen molar-refractivity contribution in [3.05, 3.63) is 102 Å². The number of aliphatic hydroxyl groups is 2. The maximum Gasteiger partial charge on any atom is 0.223 e. The molecule has 2 heterocycles. The third-order valence-electron chi connectivity index (χ3n) is 7.26. The molecule has 4 aromatic rings. The van der Waals surface area contributed by atoms with Gasteiger partial charge in [-0.1, -0.05) is 60.7 Å². The van der Waals surface area contributed by atoms with E-state index in [-0.39, 0.29) is 24.5 Å². The van der Waals surface area contributed by atoms with Gasteiger partial charge in [0.25, 0.3) is 0 Å². The summed E-state index contributed by atoms with van der Waals surface area (Å²) in [5.74, 6) is 1.12. The quantitative estimate of drug-likeness (QED) is 0.252. The fraction of sp³-hybridized carbons (Fsp3) is 0.300. The molecule has 2 atom stereocenters. The van der Waals surface area contributed by atoms with Crippen LogP contribution in [0, 0.1) is 5.92 Å². The highest BCUT2D eigenvalue weighted by atomic mass is 16.3. The number of aliphatic hydroxyl groups excluding tert-OH is 2. The zero-order valence-corrected chi connectivity index (χ0v) is 21.4. The number of carbonyl (C=O) groups excluding carboxylic acids is 1. The van der Waals surface area contributed by atoms with Crippen LogP contribution in [0.25, 0.3) is 17.2 Å². The fourth-order valence-electron chi connectivity index (χ4n) is 4.94. The highest BCUT2D eigenvalue weighted by Crippen LogP contribution is 2.42. The van der Waals surface area contributed by atoms with Gasteiger partial charge in [0.2, 0.25) is 5.91 Å². The van der Waals surface area contributed by atoms with Crippen LogP contribution >= 0.6 is 0 Å². The molecule has 1 aliphatic carbocycles. The summed E-state index contributed by atoms with van der Waals surface area (Å²) in [5, 5.41) is 22.7. The molecule has 38 heavy (non-hydrogen) atoms. The number of hydrogen-bond acceptors (Lipinski definition) is 5. The van der Waals surface area contributed by atoms with E-state index in [1.807, 2.05) is 12.2 Å². The largest absolute Gasteiger partial charge is 0.394 e. The van der Waals surface area contributed by atoms with Crippen molar-refractivity contribution in [2.24, 2.45) is 5.92 Å². The van der Waals surface area contributed by atoms with Gasteiger partial charge < -0.3 is 25.1 Å². The lowest BCUT2D eigenvalue weighted by Crippen LogP contribution is -2.37. The number of aromatic amines is 1. The Morgan fingerprint density at radius 1 is 1.13 bits per heavy atom. The van der Waals surface area contributed by atoms with E-state index in [0.717, 1.165) is 35.2 Å². The van der Waals surface area contributed by atoms with Crippen LogP contribution in [0.5, 0.6) is 0 Å². The van der Waals surface area contributed by atoms with Crippen molar-refractivity contribution < 1.29 is 15.0 Å². The molecule has 2 unspecified atom stereocenters. The molecule has 0 spiro atoms. The number of hydrogen-bond donors (Lipinski definition) is 4. The molecule has 1 saturated carbocycles. The molecule has 5 rings (SSSR count). The molecule has 2 aromatic heterocycles. The maximum atomic E-state index is 12.4. The summed E-state index contributed by atoms with van der Waals surface area (Å²) in [7, 11) is 0. The van der Waals surface area contributed by atoms with E-state index in [0.29, 0.717) is 18.3 Å². The van der Waals surface area contributed by atoms with Gasteiger partial charge in [-0.25, -0.2) is 9.97 Å². The van der Waals surface area contributed by atoms with Gasteiger partial charge in [-0.15, -0.1) is 0 Å². The minimum absolute atomic E-state index is 0.0667. The standard InChI is InChI=1S/C30H33N5O3/c1-20(37)29-32-12-13-35(29)28(18-36)11-4-21-2-5-22(6-3-21)23-7-9-24(10-8-23)25-14-26(15-25)30(38)33-17-27-16-31-19-34-27/h2-13,16,19-20,25-26,28,36-37H,14-15,17-18H2,1H3,(H,31,34)(H,33,38)/b11-4+. The van der Waals surface area contributed by atoms with Crippen LogP contribution in [0.4, 0.5) is 0 Å². The number of amides is 1. The van der Waals surface area contributed by atoms with Crippen LogP contribution in [0.2, 0.25) is 0 Å². The van der Waals surface area contributed by atoms with Crippen molar-refractivity contribution in [2.75, 3.05) is 6.61 Å². The third kappa shape index (κ3) is 5.77. The molecule has 1 aliphatic rings. The van der Waals surface area contributed by atoms with Gasteiger partial charge in [0.1, 0.15) is 11.9 Å². The number of benzene rings is 2.